The molecule has 19 heavy (non-hydrogen) atoms. The molecule has 0 aromatic carbocycles. The minimum Gasteiger partial charge on any atom is -0.271 e. The normalized spacial score (nSPS) is 26.3. The molecule has 0 spiro atoms. The zero-order valence-corrected chi connectivity index (χ0v) is 11.3. The molecule has 100 valence electrons. The molecule has 0 radical (unpaired) electrons. The van der Waals surface area contributed by atoms with Gasteiger partial charge in [-0.2, -0.15) is 10.2 Å². The van der Waals surface area contributed by atoms with Gasteiger partial charge in [0.15, 0.2) is 0 Å². The van der Waals surface area contributed by atoms with Crippen LogP contribution in [0.15, 0.2) is 23.3 Å². The number of nitrogens with one attached hydrogen (secondary N) is 1. The van der Waals surface area contributed by atoms with Crippen LogP contribution in [0.25, 0.3) is 0 Å². The molecule has 1 saturated carbocycles. The summed E-state index contributed by atoms with van der Waals surface area (Å²) in [4.78, 5) is 11.8. The highest BCUT2D eigenvalue weighted by atomic mass is 16.2. The molecular formula is C14H18N4O. The lowest BCUT2D eigenvalue weighted by Gasteiger charge is -2.31. The van der Waals surface area contributed by atoms with E-state index in [1.807, 2.05) is 19.9 Å². The van der Waals surface area contributed by atoms with Crippen molar-refractivity contribution in [2.24, 2.45) is 16.9 Å². The van der Waals surface area contributed by atoms with Gasteiger partial charge in [-0.25, -0.2) is 5.43 Å². The molecule has 0 saturated heterocycles. The Labute approximate surface area is 112 Å². The Kier molecular flexibility index (Phi) is 2.97. The highest BCUT2D eigenvalue weighted by Crippen LogP contribution is 2.39. The molecule has 0 unspecified atom stereocenters. The van der Waals surface area contributed by atoms with Crippen molar-refractivity contribution in [1.82, 2.24) is 15.2 Å². The minimum atomic E-state index is -0.117. The molecule has 5 nitrogen and oxygen atoms in total. The highest BCUT2D eigenvalue weighted by Gasteiger charge is 2.37. The van der Waals surface area contributed by atoms with Gasteiger partial charge in [0.2, 0.25) is 0 Å². The molecule has 1 aromatic rings. The molecule has 2 atom stereocenters. The number of hydrogen-bond donors (Lipinski definition) is 1. The monoisotopic (exact) mass is 258 g/mol. The summed E-state index contributed by atoms with van der Waals surface area (Å²) in [5, 5.41) is 8.50. The van der Waals surface area contributed by atoms with Gasteiger partial charge in [0.05, 0.1) is 5.69 Å². The van der Waals surface area contributed by atoms with Crippen LogP contribution in [0.5, 0.6) is 0 Å². The van der Waals surface area contributed by atoms with Crippen molar-refractivity contribution < 1.29 is 4.79 Å². The van der Waals surface area contributed by atoms with Crippen LogP contribution >= 0.6 is 0 Å². The predicted octanol–water partition coefficient (Wildman–Crippen LogP) is 1.57. The van der Waals surface area contributed by atoms with E-state index >= 15 is 0 Å². The zero-order valence-electron chi connectivity index (χ0n) is 11.3. The van der Waals surface area contributed by atoms with Crippen LogP contribution in [0.3, 0.4) is 0 Å². The topological polar surface area (TPSA) is 59.3 Å². The molecule has 0 bridgehead atoms. The van der Waals surface area contributed by atoms with Crippen LogP contribution in [-0.4, -0.2) is 21.4 Å². The summed E-state index contributed by atoms with van der Waals surface area (Å²) in [6, 6.07) is 1.96. The SMILES string of the molecule is Cc1cc(C)n(CC(=O)N/N=C2\C[C@H]3C=CC[C@@H]23)n1. The summed E-state index contributed by atoms with van der Waals surface area (Å²) >= 11 is 0. The molecular weight excluding hydrogens is 240 g/mol. The number of carbonyl (C=O) groups excluding carboxylic acids is 1. The summed E-state index contributed by atoms with van der Waals surface area (Å²) in [7, 11) is 0. The van der Waals surface area contributed by atoms with E-state index in [0.717, 1.165) is 29.9 Å². The van der Waals surface area contributed by atoms with Gasteiger partial charge in [-0.15, -0.1) is 0 Å². The molecule has 2 aliphatic rings. The molecule has 1 amide bonds. The highest BCUT2D eigenvalue weighted by molar-refractivity contribution is 5.94. The Morgan fingerprint density at radius 2 is 2.42 bits per heavy atom. The molecule has 1 N–H and O–H groups in total. The van der Waals surface area contributed by atoms with Crippen molar-refractivity contribution in [3.63, 3.8) is 0 Å². The summed E-state index contributed by atoms with van der Waals surface area (Å²) < 4.78 is 1.70. The van der Waals surface area contributed by atoms with Gasteiger partial charge < -0.3 is 0 Å². The first-order valence-electron chi connectivity index (χ1n) is 6.66. The molecule has 2 aliphatic carbocycles. The third-order valence-corrected chi connectivity index (χ3v) is 3.88. The lowest BCUT2D eigenvalue weighted by molar-refractivity contribution is -0.121. The second kappa shape index (κ2) is 4.64. The average molecular weight is 258 g/mol. The summed E-state index contributed by atoms with van der Waals surface area (Å²) in [6.07, 6.45) is 6.51. The van der Waals surface area contributed by atoms with E-state index < -0.39 is 0 Å². The van der Waals surface area contributed by atoms with Gasteiger partial charge in [-0.3, -0.25) is 9.48 Å². The lowest BCUT2D eigenvalue weighted by atomic mass is 9.74. The number of aryl methyl sites for hydroxylation is 2. The number of hydrazone groups is 1. The Hall–Kier alpha value is -1.91. The van der Waals surface area contributed by atoms with E-state index in [4.69, 9.17) is 0 Å². The third kappa shape index (κ3) is 2.32. The minimum absolute atomic E-state index is 0.117. The number of nitrogens with zero attached hydrogens (tertiary/aromatic N) is 3. The van der Waals surface area contributed by atoms with E-state index in [1.54, 1.807) is 4.68 Å². The maximum Gasteiger partial charge on any atom is 0.261 e. The molecule has 1 aromatic heterocycles. The van der Waals surface area contributed by atoms with E-state index in [1.165, 1.54) is 0 Å². The van der Waals surface area contributed by atoms with E-state index in [-0.39, 0.29) is 12.5 Å². The van der Waals surface area contributed by atoms with Gasteiger partial charge in [-0.1, -0.05) is 12.2 Å². The second-order valence-corrected chi connectivity index (χ2v) is 5.36. The Balaban J connectivity index is 1.55. The lowest BCUT2D eigenvalue weighted by Crippen LogP contribution is -2.36. The first-order valence-corrected chi connectivity index (χ1v) is 6.66. The van der Waals surface area contributed by atoms with Crippen molar-refractivity contribution in [2.75, 3.05) is 0 Å². The van der Waals surface area contributed by atoms with Gasteiger partial charge >= 0.3 is 0 Å². The largest absolute Gasteiger partial charge is 0.271 e. The summed E-state index contributed by atoms with van der Waals surface area (Å²) in [5.41, 5.74) is 5.68. The van der Waals surface area contributed by atoms with Crippen LogP contribution in [0.4, 0.5) is 0 Å². The zero-order chi connectivity index (χ0) is 13.4. The van der Waals surface area contributed by atoms with E-state index in [2.05, 4.69) is 27.8 Å². The van der Waals surface area contributed by atoms with Crippen molar-refractivity contribution in [2.45, 2.75) is 33.2 Å². The summed E-state index contributed by atoms with van der Waals surface area (Å²) in [5.74, 6) is 1.08. The van der Waals surface area contributed by atoms with Gasteiger partial charge in [0, 0.05) is 17.3 Å². The fourth-order valence-electron chi connectivity index (χ4n) is 2.80. The Morgan fingerprint density at radius 3 is 3.11 bits per heavy atom. The Morgan fingerprint density at radius 1 is 1.58 bits per heavy atom. The van der Waals surface area contributed by atoms with Crippen LogP contribution in [0.1, 0.15) is 24.2 Å². The maximum atomic E-state index is 11.8. The van der Waals surface area contributed by atoms with Gasteiger partial charge in [-0.05, 0) is 38.7 Å². The van der Waals surface area contributed by atoms with Crippen molar-refractivity contribution >= 4 is 11.6 Å². The third-order valence-electron chi connectivity index (χ3n) is 3.88. The number of amides is 1. The van der Waals surface area contributed by atoms with Crippen LogP contribution < -0.4 is 5.43 Å². The summed E-state index contributed by atoms with van der Waals surface area (Å²) in [6.45, 7) is 4.09. The number of hydrogen-bond acceptors (Lipinski definition) is 3. The fraction of sp³-hybridized carbons (Fsp3) is 0.500. The first kappa shape index (κ1) is 12.1. The second-order valence-electron chi connectivity index (χ2n) is 5.36. The van der Waals surface area contributed by atoms with Crippen LogP contribution in [0, 0.1) is 25.7 Å². The average Bonchev–Trinajstić information content (AvgIpc) is 2.83. The number of rotatable bonds is 3. The number of carbonyl (C=O) groups is 1. The predicted molar refractivity (Wildman–Crippen MR) is 72.6 cm³/mol. The van der Waals surface area contributed by atoms with Gasteiger partial charge in [0.25, 0.3) is 5.91 Å². The number of aromatic nitrogens is 2. The van der Waals surface area contributed by atoms with Crippen molar-refractivity contribution in [3.8, 4) is 0 Å². The Bertz CT molecular complexity index is 570. The quantitative estimate of drug-likeness (QED) is 0.661. The molecule has 5 heteroatoms. The molecule has 3 rings (SSSR count). The van der Waals surface area contributed by atoms with Gasteiger partial charge in [0.1, 0.15) is 6.54 Å². The van der Waals surface area contributed by atoms with Crippen LogP contribution in [0.2, 0.25) is 0 Å². The fourth-order valence-corrected chi connectivity index (χ4v) is 2.80. The van der Waals surface area contributed by atoms with E-state index in [9.17, 15) is 4.79 Å². The number of fused-ring (bicyclic) bond motifs is 1. The smallest absolute Gasteiger partial charge is 0.261 e. The van der Waals surface area contributed by atoms with Crippen LogP contribution in [-0.2, 0) is 11.3 Å². The van der Waals surface area contributed by atoms with Crippen molar-refractivity contribution in [3.05, 3.63) is 29.6 Å². The standard InChI is InChI=1S/C14H18N4O/c1-9-6-10(2)18(17-9)8-14(19)16-15-13-7-11-4-3-5-12(11)13/h3-4,6,11-12H,5,7-8H2,1-2H3,(H,16,19)/b15-13+/t11-,12-/m1/s1. The number of allylic oxidation sites excluding steroid dienone is 2. The molecule has 1 fully saturated rings. The molecule has 1 heterocycles. The van der Waals surface area contributed by atoms with Crippen molar-refractivity contribution in [1.29, 1.82) is 0 Å². The van der Waals surface area contributed by atoms with E-state index in [0.29, 0.717) is 11.8 Å². The maximum absolute atomic E-state index is 11.8. The first-order chi connectivity index (χ1) is 9.13. The molecule has 0 aliphatic heterocycles.